The third-order valence-electron chi connectivity index (χ3n) is 1.53. The van der Waals surface area contributed by atoms with Gasteiger partial charge < -0.3 is 0 Å². The summed E-state index contributed by atoms with van der Waals surface area (Å²) in [5.41, 5.74) is 0. The Bertz CT molecular complexity index is 215. The monoisotopic (exact) mass is 265 g/mol. The summed E-state index contributed by atoms with van der Waals surface area (Å²) in [5.74, 6) is 0. The molecule has 0 aromatic carbocycles. The molecule has 1 atom stereocenters. The van der Waals surface area contributed by atoms with Crippen LogP contribution in [0.4, 0.5) is 0 Å². The summed E-state index contributed by atoms with van der Waals surface area (Å²) < 4.78 is 3.82. The van der Waals surface area contributed by atoms with Crippen LogP contribution in [-0.2, 0) is 0 Å². The van der Waals surface area contributed by atoms with Crippen molar-refractivity contribution < 1.29 is 0 Å². The van der Waals surface area contributed by atoms with Gasteiger partial charge >= 0.3 is 0 Å². The Labute approximate surface area is 87.3 Å². The summed E-state index contributed by atoms with van der Waals surface area (Å²) in [7, 11) is 2.17. The molecule has 1 heterocycles. The molecule has 1 aromatic heterocycles. The molecule has 0 spiro atoms. The van der Waals surface area contributed by atoms with E-state index in [1.807, 2.05) is 11.3 Å². The van der Waals surface area contributed by atoms with Crippen molar-refractivity contribution in [3.8, 4) is 0 Å². The van der Waals surface area contributed by atoms with E-state index in [1.165, 1.54) is 11.0 Å². The Balaban J connectivity index is 2.53. The van der Waals surface area contributed by atoms with Crippen molar-refractivity contribution in [2.24, 2.45) is 0 Å². The van der Waals surface area contributed by atoms with Crippen molar-refractivity contribution in [1.82, 2.24) is 4.67 Å². The molecular formula is C8H13BrNPS. The zero-order valence-corrected chi connectivity index (χ0v) is 10.6. The smallest absolute Gasteiger partial charge is 0.0781 e. The van der Waals surface area contributed by atoms with Gasteiger partial charge in [0.1, 0.15) is 0 Å². The number of hydrogen-bond acceptors (Lipinski definition) is 2. The molecule has 68 valence electrons. The number of halogens is 1. The van der Waals surface area contributed by atoms with E-state index < -0.39 is 0 Å². The molecule has 0 bridgehead atoms. The lowest BCUT2D eigenvalue weighted by Gasteiger charge is -2.20. The van der Waals surface area contributed by atoms with E-state index in [0.29, 0.717) is 0 Å². The Morgan fingerprint density at radius 3 is 2.92 bits per heavy atom. The Kier molecular flexibility index (Phi) is 4.73. The van der Waals surface area contributed by atoms with E-state index in [9.17, 15) is 0 Å². The van der Waals surface area contributed by atoms with Gasteiger partial charge in [0.15, 0.2) is 0 Å². The van der Waals surface area contributed by atoms with Gasteiger partial charge in [-0.05, 0) is 40.4 Å². The molecule has 0 N–H and O–H groups in total. The van der Waals surface area contributed by atoms with Crippen LogP contribution in [0, 0.1) is 0 Å². The largest absolute Gasteiger partial charge is 0.272 e. The predicted molar refractivity (Wildman–Crippen MR) is 62.7 cm³/mol. The van der Waals surface area contributed by atoms with Gasteiger partial charge in [-0.15, -0.1) is 11.3 Å². The van der Waals surface area contributed by atoms with Crippen molar-refractivity contribution in [2.75, 3.05) is 13.6 Å². The second kappa shape index (κ2) is 5.33. The summed E-state index contributed by atoms with van der Waals surface area (Å²) in [4.78, 5) is 0. The highest BCUT2D eigenvalue weighted by atomic mass is 79.9. The molecule has 0 saturated heterocycles. The first-order chi connectivity index (χ1) is 5.75. The van der Waals surface area contributed by atoms with Gasteiger partial charge in [0, 0.05) is 6.54 Å². The van der Waals surface area contributed by atoms with Gasteiger partial charge in [0.2, 0.25) is 0 Å². The lowest BCUT2D eigenvalue weighted by Crippen LogP contribution is -2.14. The molecule has 0 fully saturated rings. The molecule has 4 heteroatoms. The van der Waals surface area contributed by atoms with Crippen LogP contribution < -0.4 is 4.62 Å². The summed E-state index contributed by atoms with van der Waals surface area (Å²) in [6.45, 7) is 3.13. The van der Waals surface area contributed by atoms with Crippen molar-refractivity contribution in [3.05, 3.63) is 17.5 Å². The van der Waals surface area contributed by atoms with E-state index in [0.717, 1.165) is 6.54 Å². The summed E-state index contributed by atoms with van der Waals surface area (Å²) in [6, 6.07) is 4.30. The van der Waals surface area contributed by atoms with Gasteiger partial charge in [-0.2, -0.15) is 0 Å². The minimum Gasteiger partial charge on any atom is -0.272 e. The normalized spacial score (nSPS) is 13.7. The quantitative estimate of drug-likeness (QED) is 0.755. The standard InChI is InChI=1S/C8H13BrNPS/c1-3-6-10(2)11(9)8-5-4-7-12-8/h4-5,7H,3,6H2,1-2H3. The molecule has 0 aliphatic heterocycles. The van der Waals surface area contributed by atoms with Crippen LogP contribution in [0.15, 0.2) is 17.5 Å². The number of hydrogen-bond donors (Lipinski definition) is 0. The first kappa shape index (κ1) is 10.6. The van der Waals surface area contributed by atoms with Crippen LogP contribution in [0.3, 0.4) is 0 Å². The van der Waals surface area contributed by atoms with E-state index >= 15 is 0 Å². The fourth-order valence-corrected chi connectivity index (χ4v) is 4.86. The van der Waals surface area contributed by atoms with Gasteiger partial charge in [-0.1, -0.05) is 13.0 Å². The van der Waals surface area contributed by atoms with Crippen LogP contribution in [0.25, 0.3) is 0 Å². The van der Waals surface area contributed by atoms with Gasteiger partial charge in [-0.25, -0.2) is 0 Å². The van der Waals surface area contributed by atoms with Crippen LogP contribution in [0.2, 0.25) is 0 Å². The molecular weight excluding hydrogens is 253 g/mol. The highest BCUT2D eigenvalue weighted by Crippen LogP contribution is 2.46. The number of thiophene rings is 1. The lowest BCUT2D eigenvalue weighted by atomic mass is 10.5. The fourth-order valence-electron chi connectivity index (χ4n) is 0.955. The van der Waals surface area contributed by atoms with Crippen LogP contribution in [0.5, 0.6) is 0 Å². The maximum absolute atomic E-state index is 3.73. The first-order valence-corrected chi connectivity index (χ1v) is 8.15. The molecule has 0 radical (unpaired) electrons. The van der Waals surface area contributed by atoms with Gasteiger partial charge in [0.05, 0.1) is 11.4 Å². The average Bonchev–Trinajstić information content (AvgIpc) is 2.55. The highest BCUT2D eigenvalue weighted by Gasteiger charge is 2.12. The van der Waals surface area contributed by atoms with E-state index in [-0.39, 0.29) is 6.77 Å². The summed E-state index contributed by atoms with van der Waals surface area (Å²) in [5, 5.41) is 2.13. The fraction of sp³-hybridized carbons (Fsp3) is 0.500. The zero-order valence-electron chi connectivity index (χ0n) is 7.33. The molecule has 1 nitrogen and oxygen atoms in total. The summed E-state index contributed by atoms with van der Waals surface area (Å²) >= 11 is 5.56. The van der Waals surface area contributed by atoms with E-state index in [4.69, 9.17) is 0 Å². The number of nitrogens with zero attached hydrogens (tertiary/aromatic N) is 1. The second-order valence-electron chi connectivity index (χ2n) is 2.59. The van der Waals surface area contributed by atoms with Crippen molar-refractivity contribution in [1.29, 1.82) is 0 Å². The number of rotatable bonds is 4. The Morgan fingerprint density at radius 2 is 2.42 bits per heavy atom. The maximum Gasteiger partial charge on any atom is 0.0781 e. The molecule has 0 aliphatic rings. The van der Waals surface area contributed by atoms with E-state index in [1.54, 1.807) is 0 Å². The molecule has 0 amide bonds. The molecule has 0 saturated carbocycles. The minimum absolute atomic E-state index is 0.241. The average molecular weight is 266 g/mol. The van der Waals surface area contributed by atoms with Crippen molar-refractivity contribution >= 4 is 38.2 Å². The van der Waals surface area contributed by atoms with Crippen LogP contribution >= 0.6 is 33.6 Å². The van der Waals surface area contributed by atoms with Crippen LogP contribution in [-0.4, -0.2) is 18.3 Å². The summed E-state index contributed by atoms with van der Waals surface area (Å²) in [6.07, 6.45) is 1.21. The minimum atomic E-state index is -0.241. The SMILES string of the molecule is CCCN(C)P(Br)c1cccs1. The molecule has 1 unspecified atom stereocenters. The zero-order chi connectivity index (χ0) is 8.97. The Morgan fingerprint density at radius 1 is 1.67 bits per heavy atom. The Hall–Kier alpha value is 0.570. The maximum atomic E-state index is 3.73. The lowest BCUT2D eigenvalue weighted by molar-refractivity contribution is 0.553. The van der Waals surface area contributed by atoms with E-state index in [2.05, 4.69) is 51.6 Å². The molecule has 1 rings (SSSR count). The van der Waals surface area contributed by atoms with Gasteiger partial charge in [-0.3, -0.25) is 4.67 Å². The molecule has 1 aromatic rings. The topological polar surface area (TPSA) is 3.24 Å². The highest BCUT2D eigenvalue weighted by molar-refractivity contribution is 9.40. The molecule has 12 heavy (non-hydrogen) atoms. The third kappa shape index (κ3) is 2.81. The third-order valence-corrected chi connectivity index (χ3v) is 7.83. The second-order valence-corrected chi connectivity index (χ2v) is 7.54. The van der Waals surface area contributed by atoms with Crippen molar-refractivity contribution in [2.45, 2.75) is 13.3 Å². The van der Waals surface area contributed by atoms with Gasteiger partial charge in [0.25, 0.3) is 0 Å². The predicted octanol–water partition coefficient (Wildman–Crippen LogP) is 3.42. The van der Waals surface area contributed by atoms with Crippen LogP contribution in [0.1, 0.15) is 13.3 Å². The molecule has 0 aliphatic carbocycles. The first-order valence-electron chi connectivity index (χ1n) is 3.96. The van der Waals surface area contributed by atoms with Crippen molar-refractivity contribution in [3.63, 3.8) is 0 Å².